The van der Waals surface area contributed by atoms with Gasteiger partial charge in [0.1, 0.15) is 5.82 Å². The Balaban J connectivity index is 2.30. The number of aryl methyl sites for hydroxylation is 2. The first-order valence-electron chi connectivity index (χ1n) is 6.81. The predicted octanol–water partition coefficient (Wildman–Crippen LogP) is 3.52. The summed E-state index contributed by atoms with van der Waals surface area (Å²) in [5.74, 6) is -0.803. The first kappa shape index (κ1) is 15.0. The van der Waals surface area contributed by atoms with Crippen LogP contribution in [-0.2, 0) is 0 Å². The molecule has 1 amide bonds. The van der Waals surface area contributed by atoms with Gasteiger partial charge < -0.3 is 10.6 Å². The molecule has 1 aromatic heterocycles. The third-order valence-electron chi connectivity index (χ3n) is 3.09. The van der Waals surface area contributed by atoms with E-state index < -0.39 is 5.82 Å². The Kier molecular flexibility index (Phi) is 4.52. The molecule has 0 spiro atoms. The van der Waals surface area contributed by atoms with E-state index in [1.54, 1.807) is 12.1 Å². The lowest BCUT2D eigenvalue weighted by molar-refractivity contribution is 0.102. The van der Waals surface area contributed by atoms with Crippen molar-refractivity contribution in [2.75, 3.05) is 17.2 Å². The lowest BCUT2D eigenvalue weighted by atomic mass is 10.1. The first-order valence-corrected chi connectivity index (χ1v) is 6.81. The van der Waals surface area contributed by atoms with Gasteiger partial charge in [-0.25, -0.2) is 4.39 Å². The number of benzene rings is 1. The fraction of sp³-hybridized carbons (Fsp3) is 0.250. The van der Waals surface area contributed by atoms with Crippen molar-refractivity contribution < 1.29 is 9.18 Å². The van der Waals surface area contributed by atoms with Gasteiger partial charge in [-0.05, 0) is 45.0 Å². The quantitative estimate of drug-likeness (QED) is 0.904. The third-order valence-corrected chi connectivity index (χ3v) is 3.09. The molecule has 0 saturated carbocycles. The molecule has 0 aliphatic heterocycles. The molecule has 2 aromatic rings. The van der Waals surface area contributed by atoms with Gasteiger partial charge in [0.2, 0.25) is 0 Å². The van der Waals surface area contributed by atoms with Crippen LogP contribution in [0, 0.1) is 19.7 Å². The van der Waals surface area contributed by atoms with Crippen molar-refractivity contribution in [1.82, 2.24) is 4.98 Å². The number of para-hydroxylation sites is 1. The highest BCUT2D eigenvalue weighted by molar-refractivity contribution is 6.08. The van der Waals surface area contributed by atoms with E-state index in [0.29, 0.717) is 12.2 Å². The maximum atomic E-state index is 13.8. The molecule has 1 heterocycles. The highest BCUT2D eigenvalue weighted by atomic mass is 19.1. The predicted molar refractivity (Wildman–Crippen MR) is 82.2 cm³/mol. The molecule has 0 bridgehead atoms. The zero-order valence-corrected chi connectivity index (χ0v) is 12.3. The van der Waals surface area contributed by atoms with Gasteiger partial charge in [0.15, 0.2) is 0 Å². The van der Waals surface area contributed by atoms with Crippen LogP contribution in [0.3, 0.4) is 0 Å². The number of hydrogen-bond donors (Lipinski definition) is 2. The number of nitrogens with zero attached hydrogens (tertiary/aromatic N) is 1. The Morgan fingerprint density at radius 2 is 2.00 bits per heavy atom. The summed E-state index contributed by atoms with van der Waals surface area (Å²) in [6, 6.07) is 8.05. The summed E-state index contributed by atoms with van der Waals surface area (Å²) in [5, 5.41) is 5.66. The number of rotatable bonds is 4. The molecule has 5 heteroatoms. The normalized spacial score (nSPS) is 10.3. The van der Waals surface area contributed by atoms with E-state index in [9.17, 15) is 9.18 Å². The fourth-order valence-electron chi connectivity index (χ4n) is 2.08. The summed E-state index contributed by atoms with van der Waals surface area (Å²) >= 11 is 0. The molecule has 0 radical (unpaired) electrons. The standard InChI is InChI=1S/C16H18FN3O/c1-4-18-15-12(6-5-7-13(15)17)16(21)20-14-9-8-10(2)19-11(14)3/h5-9,18H,4H2,1-3H3,(H,20,21). The van der Waals surface area contributed by atoms with Crippen LogP contribution < -0.4 is 10.6 Å². The summed E-state index contributed by atoms with van der Waals surface area (Å²) in [5.41, 5.74) is 2.72. The summed E-state index contributed by atoms with van der Waals surface area (Å²) in [6.07, 6.45) is 0. The van der Waals surface area contributed by atoms with Crippen LogP contribution in [0.5, 0.6) is 0 Å². The van der Waals surface area contributed by atoms with E-state index in [1.807, 2.05) is 26.8 Å². The van der Waals surface area contributed by atoms with E-state index >= 15 is 0 Å². The fourth-order valence-corrected chi connectivity index (χ4v) is 2.08. The molecule has 0 aliphatic carbocycles. The summed E-state index contributed by atoms with van der Waals surface area (Å²) < 4.78 is 13.8. The van der Waals surface area contributed by atoms with Gasteiger partial charge in [-0.2, -0.15) is 0 Å². The van der Waals surface area contributed by atoms with Crippen molar-refractivity contribution in [2.45, 2.75) is 20.8 Å². The second-order valence-electron chi connectivity index (χ2n) is 4.73. The number of amides is 1. The maximum Gasteiger partial charge on any atom is 0.257 e. The molecule has 2 N–H and O–H groups in total. The SMILES string of the molecule is CCNc1c(F)cccc1C(=O)Nc1ccc(C)nc1C. The smallest absolute Gasteiger partial charge is 0.257 e. The second-order valence-corrected chi connectivity index (χ2v) is 4.73. The van der Waals surface area contributed by atoms with Crippen molar-refractivity contribution in [3.8, 4) is 0 Å². The summed E-state index contributed by atoms with van der Waals surface area (Å²) in [7, 11) is 0. The van der Waals surface area contributed by atoms with Gasteiger partial charge in [0.25, 0.3) is 5.91 Å². The topological polar surface area (TPSA) is 54.0 Å². The molecular formula is C16H18FN3O. The van der Waals surface area contributed by atoms with Crippen LogP contribution >= 0.6 is 0 Å². The molecule has 0 unspecified atom stereocenters. The van der Waals surface area contributed by atoms with Crippen LogP contribution in [0.2, 0.25) is 0 Å². The molecular weight excluding hydrogens is 269 g/mol. The number of pyridine rings is 1. The van der Waals surface area contributed by atoms with E-state index in [1.165, 1.54) is 12.1 Å². The number of hydrogen-bond acceptors (Lipinski definition) is 3. The molecule has 0 atom stereocenters. The average Bonchev–Trinajstić information content (AvgIpc) is 2.44. The summed E-state index contributed by atoms with van der Waals surface area (Å²) in [4.78, 5) is 16.6. The van der Waals surface area contributed by atoms with Gasteiger partial charge in [0.05, 0.1) is 22.6 Å². The number of nitrogens with one attached hydrogen (secondary N) is 2. The number of carbonyl (C=O) groups is 1. The third kappa shape index (κ3) is 3.37. The van der Waals surface area contributed by atoms with Crippen molar-refractivity contribution >= 4 is 17.3 Å². The van der Waals surface area contributed by atoms with Gasteiger partial charge in [-0.15, -0.1) is 0 Å². The number of anilines is 2. The zero-order valence-electron chi connectivity index (χ0n) is 12.3. The van der Waals surface area contributed by atoms with Crippen molar-refractivity contribution in [1.29, 1.82) is 0 Å². The maximum absolute atomic E-state index is 13.8. The lowest BCUT2D eigenvalue weighted by Gasteiger charge is -2.13. The Morgan fingerprint density at radius 1 is 1.24 bits per heavy atom. The van der Waals surface area contributed by atoms with Gasteiger partial charge in [-0.1, -0.05) is 6.07 Å². The Bertz CT molecular complexity index is 671. The minimum atomic E-state index is -0.441. The minimum Gasteiger partial charge on any atom is -0.382 e. The molecule has 2 rings (SSSR count). The highest BCUT2D eigenvalue weighted by Crippen LogP contribution is 2.22. The molecule has 0 saturated heterocycles. The molecule has 0 aliphatic rings. The lowest BCUT2D eigenvalue weighted by Crippen LogP contribution is -2.16. The molecule has 110 valence electrons. The average molecular weight is 287 g/mol. The molecule has 4 nitrogen and oxygen atoms in total. The largest absolute Gasteiger partial charge is 0.382 e. The van der Waals surface area contributed by atoms with Crippen LogP contribution in [0.15, 0.2) is 30.3 Å². The van der Waals surface area contributed by atoms with Crippen molar-refractivity contribution in [2.24, 2.45) is 0 Å². The van der Waals surface area contributed by atoms with E-state index in [0.717, 1.165) is 11.4 Å². The summed E-state index contributed by atoms with van der Waals surface area (Å²) in [6.45, 7) is 6.09. The van der Waals surface area contributed by atoms with Gasteiger partial charge >= 0.3 is 0 Å². The Hall–Kier alpha value is -2.43. The minimum absolute atomic E-state index is 0.218. The molecule has 1 aromatic carbocycles. The zero-order chi connectivity index (χ0) is 15.4. The van der Waals surface area contributed by atoms with E-state index in [2.05, 4.69) is 15.6 Å². The monoisotopic (exact) mass is 287 g/mol. The number of aromatic nitrogens is 1. The van der Waals surface area contributed by atoms with Crippen LogP contribution in [0.1, 0.15) is 28.7 Å². The van der Waals surface area contributed by atoms with Gasteiger partial charge in [0, 0.05) is 12.2 Å². The highest BCUT2D eigenvalue weighted by Gasteiger charge is 2.15. The van der Waals surface area contributed by atoms with Crippen molar-refractivity contribution in [3.05, 3.63) is 53.1 Å². The van der Waals surface area contributed by atoms with E-state index in [-0.39, 0.29) is 17.2 Å². The second kappa shape index (κ2) is 6.35. The van der Waals surface area contributed by atoms with Crippen LogP contribution in [-0.4, -0.2) is 17.4 Å². The van der Waals surface area contributed by atoms with E-state index in [4.69, 9.17) is 0 Å². The van der Waals surface area contributed by atoms with Crippen molar-refractivity contribution in [3.63, 3.8) is 0 Å². The number of halogens is 1. The molecule has 21 heavy (non-hydrogen) atoms. The van der Waals surface area contributed by atoms with Crippen LogP contribution in [0.4, 0.5) is 15.8 Å². The Morgan fingerprint density at radius 3 is 2.67 bits per heavy atom. The Labute approximate surface area is 123 Å². The molecule has 0 fully saturated rings. The van der Waals surface area contributed by atoms with Gasteiger partial charge in [-0.3, -0.25) is 9.78 Å². The first-order chi connectivity index (χ1) is 10.0. The van der Waals surface area contributed by atoms with Crippen LogP contribution in [0.25, 0.3) is 0 Å². The number of carbonyl (C=O) groups excluding carboxylic acids is 1.